The zero-order chi connectivity index (χ0) is 14.0. The van der Waals surface area contributed by atoms with E-state index in [9.17, 15) is 13.2 Å². The number of aromatic nitrogens is 2. The van der Waals surface area contributed by atoms with E-state index in [1.807, 2.05) is 0 Å². The Morgan fingerprint density at radius 2 is 2.32 bits per heavy atom. The van der Waals surface area contributed by atoms with Gasteiger partial charge in [-0.2, -0.15) is 0 Å². The molecule has 7 nitrogen and oxygen atoms in total. The van der Waals surface area contributed by atoms with Crippen molar-refractivity contribution in [1.29, 1.82) is 0 Å². The van der Waals surface area contributed by atoms with Crippen molar-refractivity contribution >= 4 is 27.3 Å². The second-order valence-corrected chi connectivity index (χ2v) is 6.69. The van der Waals surface area contributed by atoms with Gasteiger partial charge in [-0.3, -0.25) is 0 Å². The normalized spacial score (nSPS) is 11.6. The lowest BCUT2D eigenvalue weighted by Crippen LogP contribution is -2.24. The summed E-state index contributed by atoms with van der Waals surface area (Å²) in [4.78, 5) is 17.9. The maximum Gasteiger partial charge on any atom is 0.345 e. The van der Waals surface area contributed by atoms with Crippen LogP contribution in [0, 0.1) is 6.92 Å². The van der Waals surface area contributed by atoms with Crippen molar-refractivity contribution in [2.45, 2.75) is 18.4 Å². The fraction of sp³-hybridized carbons (Fsp3) is 0.200. The lowest BCUT2D eigenvalue weighted by molar-refractivity contribution is 0.0702. The van der Waals surface area contributed by atoms with E-state index >= 15 is 0 Å². The molecule has 0 aliphatic heterocycles. The maximum absolute atomic E-state index is 12.0. The second-order valence-electron chi connectivity index (χ2n) is 3.70. The Balaban J connectivity index is 2.22. The summed E-state index contributed by atoms with van der Waals surface area (Å²) in [6.45, 7) is 1.59. The molecule has 19 heavy (non-hydrogen) atoms. The van der Waals surface area contributed by atoms with E-state index in [4.69, 9.17) is 5.11 Å². The summed E-state index contributed by atoms with van der Waals surface area (Å²) in [5.41, 5.74) is 0. The molecule has 0 aliphatic carbocycles. The summed E-state index contributed by atoms with van der Waals surface area (Å²) in [6.07, 6.45) is 3.10. The van der Waals surface area contributed by atoms with Crippen LogP contribution in [0.15, 0.2) is 23.4 Å². The van der Waals surface area contributed by atoms with Crippen molar-refractivity contribution in [3.8, 4) is 0 Å². The SMILES string of the molecule is Cc1sc(C(=O)O)cc1S(=O)(=O)NCc1ncc[nH]1. The number of hydrogen-bond acceptors (Lipinski definition) is 5. The number of sulfonamides is 1. The van der Waals surface area contributed by atoms with Crippen molar-refractivity contribution in [3.05, 3.63) is 34.0 Å². The molecule has 2 aromatic heterocycles. The highest BCUT2D eigenvalue weighted by Crippen LogP contribution is 2.25. The van der Waals surface area contributed by atoms with Crippen LogP contribution in [-0.4, -0.2) is 29.5 Å². The molecule has 0 fully saturated rings. The number of imidazole rings is 1. The molecule has 0 amide bonds. The third-order valence-electron chi connectivity index (χ3n) is 2.36. The molecule has 2 rings (SSSR count). The van der Waals surface area contributed by atoms with Gasteiger partial charge in [-0.25, -0.2) is 22.9 Å². The Labute approximate surface area is 113 Å². The number of nitrogens with one attached hydrogen (secondary N) is 2. The number of hydrogen-bond donors (Lipinski definition) is 3. The van der Waals surface area contributed by atoms with Crippen molar-refractivity contribution in [2.24, 2.45) is 0 Å². The van der Waals surface area contributed by atoms with Gasteiger partial charge in [0.15, 0.2) is 0 Å². The van der Waals surface area contributed by atoms with E-state index in [1.165, 1.54) is 6.20 Å². The highest BCUT2D eigenvalue weighted by Gasteiger charge is 2.22. The van der Waals surface area contributed by atoms with Gasteiger partial charge in [0.1, 0.15) is 10.7 Å². The molecule has 0 saturated heterocycles. The Kier molecular flexibility index (Phi) is 3.69. The molecule has 0 aromatic carbocycles. The van der Waals surface area contributed by atoms with Gasteiger partial charge >= 0.3 is 5.97 Å². The molecule has 0 bridgehead atoms. The first-order valence-electron chi connectivity index (χ1n) is 5.22. The summed E-state index contributed by atoms with van der Waals surface area (Å²) in [6, 6.07) is 1.16. The molecule has 102 valence electrons. The second kappa shape index (κ2) is 5.11. The number of aromatic carboxylic acids is 1. The number of carboxylic acid groups (broad SMARTS) is 1. The molecule has 9 heteroatoms. The minimum absolute atomic E-state index is 0.00382. The number of rotatable bonds is 5. The summed E-state index contributed by atoms with van der Waals surface area (Å²) in [5, 5.41) is 8.85. The van der Waals surface area contributed by atoms with Gasteiger partial charge in [0.2, 0.25) is 10.0 Å². The third-order valence-corrected chi connectivity index (χ3v) is 5.05. The first-order chi connectivity index (χ1) is 8.90. The van der Waals surface area contributed by atoms with Gasteiger partial charge < -0.3 is 10.1 Å². The summed E-state index contributed by atoms with van der Waals surface area (Å²) in [7, 11) is -3.74. The first-order valence-corrected chi connectivity index (χ1v) is 7.52. The molecule has 0 spiro atoms. The molecule has 0 saturated carbocycles. The average Bonchev–Trinajstić information content (AvgIpc) is 2.95. The van der Waals surface area contributed by atoms with Gasteiger partial charge in [0.05, 0.1) is 11.4 Å². The van der Waals surface area contributed by atoms with Crippen LogP contribution < -0.4 is 4.72 Å². The quantitative estimate of drug-likeness (QED) is 0.761. The maximum atomic E-state index is 12.0. The predicted octanol–water partition coefficient (Wildman–Crippen LogP) is 0.956. The van der Waals surface area contributed by atoms with E-state index in [-0.39, 0.29) is 16.3 Å². The van der Waals surface area contributed by atoms with Crippen LogP contribution in [-0.2, 0) is 16.6 Å². The van der Waals surface area contributed by atoms with Crippen molar-refractivity contribution in [1.82, 2.24) is 14.7 Å². The number of carbonyl (C=O) groups is 1. The number of thiophene rings is 1. The lowest BCUT2D eigenvalue weighted by Gasteiger charge is -2.04. The standard InChI is InChI=1S/C10H11N3O4S2/c1-6-8(4-7(18-6)10(14)15)19(16,17)13-5-9-11-2-3-12-9/h2-4,13H,5H2,1H3,(H,11,12)(H,14,15). The molecule has 3 N–H and O–H groups in total. The van der Waals surface area contributed by atoms with E-state index in [0.717, 1.165) is 17.4 Å². The largest absolute Gasteiger partial charge is 0.477 e. The molecule has 2 heterocycles. The minimum Gasteiger partial charge on any atom is -0.477 e. The van der Waals surface area contributed by atoms with E-state index < -0.39 is 16.0 Å². The van der Waals surface area contributed by atoms with Gasteiger partial charge in [-0.1, -0.05) is 0 Å². The van der Waals surface area contributed by atoms with Crippen molar-refractivity contribution in [3.63, 3.8) is 0 Å². The van der Waals surface area contributed by atoms with Gasteiger partial charge in [-0.05, 0) is 13.0 Å². The van der Waals surface area contributed by atoms with Crippen LogP contribution in [0.3, 0.4) is 0 Å². The predicted molar refractivity (Wildman–Crippen MR) is 68.6 cm³/mol. The van der Waals surface area contributed by atoms with E-state index in [0.29, 0.717) is 10.7 Å². The molecular formula is C10H11N3O4S2. The Morgan fingerprint density at radius 1 is 1.58 bits per heavy atom. The Morgan fingerprint density at radius 3 is 2.84 bits per heavy atom. The summed E-state index contributed by atoms with van der Waals surface area (Å²) in [5.74, 6) is -0.657. The van der Waals surface area contributed by atoms with Crippen molar-refractivity contribution in [2.75, 3.05) is 0 Å². The fourth-order valence-electron chi connectivity index (χ4n) is 1.47. The number of H-pyrrole nitrogens is 1. The van der Waals surface area contributed by atoms with Crippen LogP contribution in [0.5, 0.6) is 0 Å². The molecule has 0 unspecified atom stereocenters. The average molecular weight is 301 g/mol. The highest BCUT2D eigenvalue weighted by atomic mass is 32.2. The van der Waals surface area contributed by atoms with Crippen molar-refractivity contribution < 1.29 is 18.3 Å². The van der Waals surface area contributed by atoms with Crippen LogP contribution >= 0.6 is 11.3 Å². The van der Waals surface area contributed by atoms with Gasteiger partial charge in [0, 0.05) is 17.3 Å². The topological polar surface area (TPSA) is 112 Å². The molecule has 0 atom stereocenters. The summed E-state index contributed by atoms with van der Waals surface area (Å²) < 4.78 is 26.5. The van der Waals surface area contributed by atoms with Gasteiger partial charge in [-0.15, -0.1) is 11.3 Å². The highest BCUT2D eigenvalue weighted by molar-refractivity contribution is 7.89. The van der Waals surface area contributed by atoms with E-state index in [1.54, 1.807) is 13.1 Å². The zero-order valence-electron chi connectivity index (χ0n) is 9.87. The fourth-order valence-corrected chi connectivity index (χ4v) is 3.89. The summed E-state index contributed by atoms with van der Waals surface area (Å²) >= 11 is 0.931. The molecule has 0 aliphatic rings. The van der Waals surface area contributed by atoms with Gasteiger partial charge in [0.25, 0.3) is 0 Å². The Bertz CT molecular complexity index is 688. The van der Waals surface area contributed by atoms with Crippen LogP contribution in [0.4, 0.5) is 0 Å². The Hall–Kier alpha value is -1.71. The van der Waals surface area contributed by atoms with E-state index in [2.05, 4.69) is 14.7 Å². The number of nitrogens with zero attached hydrogens (tertiary/aromatic N) is 1. The minimum atomic E-state index is -3.74. The number of aromatic amines is 1. The van der Waals surface area contributed by atoms with Crippen LogP contribution in [0.1, 0.15) is 20.4 Å². The molecule has 0 radical (unpaired) electrons. The number of aryl methyl sites for hydroxylation is 1. The smallest absolute Gasteiger partial charge is 0.345 e. The number of carboxylic acids is 1. The third kappa shape index (κ3) is 3.00. The first kappa shape index (κ1) is 13.7. The lowest BCUT2D eigenvalue weighted by atomic mass is 10.4. The van der Waals surface area contributed by atoms with Crippen LogP contribution in [0.2, 0.25) is 0 Å². The van der Waals surface area contributed by atoms with Crippen LogP contribution in [0.25, 0.3) is 0 Å². The monoisotopic (exact) mass is 301 g/mol. The zero-order valence-corrected chi connectivity index (χ0v) is 11.5. The molecule has 2 aromatic rings. The molecular weight excluding hydrogens is 290 g/mol.